The molecule has 1 saturated heterocycles. The van der Waals surface area contributed by atoms with E-state index in [9.17, 15) is 18.0 Å². The van der Waals surface area contributed by atoms with Crippen LogP contribution in [0, 0.1) is 0 Å². The summed E-state index contributed by atoms with van der Waals surface area (Å²) in [5.41, 5.74) is 2.09. The minimum Gasteiger partial charge on any atom is -0.453 e. The molecule has 1 aliphatic heterocycles. The fraction of sp³-hybridized carbons (Fsp3) is 0.320. The third-order valence-corrected chi connectivity index (χ3v) is 7.97. The zero-order valence-corrected chi connectivity index (χ0v) is 19.8. The summed E-state index contributed by atoms with van der Waals surface area (Å²) in [7, 11) is -3.65. The molecule has 2 aromatic carbocycles. The molecular weight excluding hydrogens is 470 g/mol. The van der Waals surface area contributed by atoms with Crippen molar-refractivity contribution in [1.82, 2.24) is 14.1 Å². The van der Waals surface area contributed by atoms with Crippen molar-refractivity contribution in [3.05, 3.63) is 77.6 Å². The number of esters is 1. The number of hydrogen-bond acceptors (Lipinski definition) is 7. The summed E-state index contributed by atoms with van der Waals surface area (Å²) in [6.07, 6.45) is 2.08. The molecule has 3 aromatic rings. The zero-order valence-electron chi connectivity index (χ0n) is 19.0. The van der Waals surface area contributed by atoms with Gasteiger partial charge in [0.2, 0.25) is 10.0 Å². The number of hydrogen-bond donors (Lipinski definition) is 0. The summed E-state index contributed by atoms with van der Waals surface area (Å²) in [5.74, 6) is -0.726. The molecule has 2 aliphatic rings. The quantitative estimate of drug-likeness (QED) is 0.349. The first-order chi connectivity index (χ1) is 16.9. The maximum Gasteiger partial charge on any atom is 0.357 e. The summed E-state index contributed by atoms with van der Waals surface area (Å²) >= 11 is 0. The third-order valence-electron chi connectivity index (χ3n) is 6.05. The number of carbonyl (C=O) groups excluding carboxylic acids is 2. The van der Waals surface area contributed by atoms with Gasteiger partial charge in [-0.25, -0.2) is 17.9 Å². The Kier molecular flexibility index (Phi) is 6.50. The van der Waals surface area contributed by atoms with Gasteiger partial charge < -0.3 is 9.47 Å². The largest absolute Gasteiger partial charge is 0.453 e. The molecule has 182 valence electrons. The smallest absolute Gasteiger partial charge is 0.357 e. The SMILES string of the molecule is O=C(COC(=O)c1cc(C2CC2)nn1-c1ccccc1)c1ccc(S(=O)(=O)N2CCOCC2)cc1. The van der Waals surface area contributed by atoms with Gasteiger partial charge in [0, 0.05) is 24.6 Å². The average molecular weight is 496 g/mol. The van der Waals surface area contributed by atoms with Crippen LogP contribution >= 0.6 is 0 Å². The Bertz CT molecular complexity index is 1330. The summed E-state index contributed by atoms with van der Waals surface area (Å²) in [6, 6.07) is 16.7. The molecule has 0 bridgehead atoms. The topological polar surface area (TPSA) is 108 Å². The fourth-order valence-corrected chi connectivity index (χ4v) is 5.33. The molecule has 0 spiro atoms. The lowest BCUT2D eigenvalue weighted by Crippen LogP contribution is -2.40. The van der Waals surface area contributed by atoms with Crippen molar-refractivity contribution < 1.29 is 27.5 Å². The minimum atomic E-state index is -3.65. The number of aromatic nitrogens is 2. The average Bonchev–Trinajstić information content (AvgIpc) is 3.66. The number of ketones is 1. The first kappa shape index (κ1) is 23.4. The summed E-state index contributed by atoms with van der Waals surface area (Å²) in [6.45, 7) is 0.827. The standard InChI is InChI=1S/C25H25N3O6S/c29-24(19-8-10-21(11-9-19)35(31,32)27-12-14-33-15-13-27)17-34-25(30)23-16-22(18-6-7-18)26-28(23)20-4-2-1-3-5-20/h1-5,8-11,16,18H,6-7,12-15,17H2. The summed E-state index contributed by atoms with van der Waals surface area (Å²) < 4.78 is 38.9. The molecule has 0 amide bonds. The van der Waals surface area contributed by atoms with E-state index in [1.165, 1.54) is 28.6 Å². The van der Waals surface area contributed by atoms with Crippen LogP contribution in [0.5, 0.6) is 0 Å². The molecule has 2 fully saturated rings. The summed E-state index contributed by atoms with van der Waals surface area (Å²) in [4.78, 5) is 25.6. The Labute approximate surface area is 203 Å². The molecule has 10 heteroatoms. The second-order valence-corrected chi connectivity index (χ2v) is 10.5. The normalized spacial score (nSPS) is 16.7. The number of benzene rings is 2. The molecule has 1 aromatic heterocycles. The zero-order chi connectivity index (χ0) is 24.4. The van der Waals surface area contributed by atoms with E-state index in [4.69, 9.17) is 9.47 Å². The lowest BCUT2D eigenvalue weighted by molar-refractivity contribution is 0.0465. The van der Waals surface area contributed by atoms with E-state index in [2.05, 4.69) is 5.10 Å². The first-order valence-corrected chi connectivity index (χ1v) is 12.9. The Hall–Kier alpha value is -3.34. The van der Waals surface area contributed by atoms with Crippen LogP contribution in [0.15, 0.2) is 65.6 Å². The molecule has 35 heavy (non-hydrogen) atoms. The van der Waals surface area contributed by atoms with Crippen LogP contribution in [-0.4, -0.2) is 67.2 Å². The number of sulfonamides is 1. The van der Waals surface area contributed by atoms with Gasteiger partial charge in [0.05, 0.1) is 29.5 Å². The van der Waals surface area contributed by atoms with Gasteiger partial charge in [0.15, 0.2) is 18.1 Å². The van der Waals surface area contributed by atoms with E-state index in [-0.39, 0.29) is 16.2 Å². The minimum absolute atomic E-state index is 0.104. The van der Waals surface area contributed by atoms with Crippen LogP contribution in [0.3, 0.4) is 0 Å². The van der Waals surface area contributed by atoms with Gasteiger partial charge in [-0.1, -0.05) is 18.2 Å². The van der Waals surface area contributed by atoms with Gasteiger partial charge >= 0.3 is 5.97 Å². The lowest BCUT2D eigenvalue weighted by Gasteiger charge is -2.26. The second kappa shape index (κ2) is 9.73. The second-order valence-electron chi connectivity index (χ2n) is 8.52. The van der Waals surface area contributed by atoms with Crippen molar-refractivity contribution in [2.45, 2.75) is 23.7 Å². The van der Waals surface area contributed by atoms with E-state index < -0.39 is 28.4 Å². The van der Waals surface area contributed by atoms with Gasteiger partial charge in [0.1, 0.15) is 0 Å². The number of Topliss-reactive ketones (excluding diaryl/α,β-unsaturated/α-hetero) is 1. The molecule has 0 unspecified atom stereocenters. The highest BCUT2D eigenvalue weighted by molar-refractivity contribution is 7.89. The molecule has 0 radical (unpaired) electrons. The number of nitrogens with zero attached hydrogens (tertiary/aromatic N) is 3. The molecular formula is C25H25N3O6S. The number of rotatable bonds is 8. The van der Waals surface area contributed by atoms with Gasteiger partial charge in [-0.05, 0) is 55.3 Å². The van der Waals surface area contributed by atoms with Crippen molar-refractivity contribution in [1.29, 1.82) is 0 Å². The monoisotopic (exact) mass is 495 g/mol. The van der Waals surface area contributed by atoms with Gasteiger partial charge in [0.25, 0.3) is 0 Å². The van der Waals surface area contributed by atoms with Crippen LogP contribution in [0.1, 0.15) is 45.3 Å². The van der Waals surface area contributed by atoms with Crippen molar-refractivity contribution in [3.8, 4) is 5.69 Å². The molecule has 1 saturated carbocycles. The highest BCUT2D eigenvalue weighted by Crippen LogP contribution is 2.39. The Morgan fingerprint density at radius 3 is 2.34 bits per heavy atom. The van der Waals surface area contributed by atoms with E-state index in [1.54, 1.807) is 10.7 Å². The van der Waals surface area contributed by atoms with Crippen molar-refractivity contribution in [2.24, 2.45) is 0 Å². The Balaban J connectivity index is 1.26. The molecule has 5 rings (SSSR count). The lowest BCUT2D eigenvalue weighted by atomic mass is 10.1. The van der Waals surface area contributed by atoms with Crippen molar-refractivity contribution >= 4 is 21.8 Å². The molecule has 2 heterocycles. The van der Waals surface area contributed by atoms with Crippen LogP contribution in [0.25, 0.3) is 5.69 Å². The van der Waals surface area contributed by atoms with Crippen LogP contribution in [0.4, 0.5) is 0 Å². The van der Waals surface area contributed by atoms with E-state index in [0.29, 0.717) is 32.2 Å². The molecule has 1 aliphatic carbocycles. The van der Waals surface area contributed by atoms with Crippen molar-refractivity contribution in [2.75, 3.05) is 32.9 Å². The van der Waals surface area contributed by atoms with E-state index in [1.807, 2.05) is 30.3 Å². The number of ether oxygens (including phenoxy) is 2. The van der Waals surface area contributed by atoms with Crippen molar-refractivity contribution in [3.63, 3.8) is 0 Å². The van der Waals surface area contributed by atoms with Gasteiger partial charge in [-0.2, -0.15) is 9.40 Å². The predicted octanol–water partition coefficient (Wildman–Crippen LogP) is 2.81. The fourth-order valence-electron chi connectivity index (χ4n) is 3.93. The highest BCUT2D eigenvalue weighted by Gasteiger charge is 2.30. The third kappa shape index (κ3) is 5.04. The number of carbonyl (C=O) groups is 2. The van der Waals surface area contributed by atoms with Crippen LogP contribution in [0.2, 0.25) is 0 Å². The Morgan fingerprint density at radius 1 is 1.00 bits per heavy atom. The Morgan fingerprint density at radius 2 is 1.69 bits per heavy atom. The van der Waals surface area contributed by atoms with Crippen LogP contribution < -0.4 is 0 Å². The molecule has 9 nitrogen and oxygen atoms in total. The maximum atomic E-state index is 12.9. The highest BCUT2D eigenvalue weighted by atomic mass is 32.2. The van der Waals surface area contributed by atoms with E-state index >= 15 is 0 Å². The van der Waals surface area contributed by atoms with Gasteiger partial charge in [-0.15, -0.1) is 0 Å². The summed E-state index contributed by atoms with van der Waals surface area (Å²) in [5, 5.41) is 4.58. The molecule has 0 N–H and O–H groups in total. The predicted molar refractivity (Wildman–Crippen MR) is 126 cm³/mol. The number of morpholine rings is 1. The number of para-hydroxylation sites is 1. The maximum absolute atomic E-state index is 12.9. The molecule has 0 atom stereocenters. The van der Waals surface area contributed by atoms with E-state index in [0.717, 1.165) is 24.2 Å². The van der Waals surface area contributed by atoms with Crippen LogP contribution in [-0.2, 0) is 19.5 Å². The van der Waals surface area contributed by atoms with Gasteiger partial charge in [-0.3, -0.25) is 4.79 Å². The first-order valence-electron chi connectivity index (χ1n) is 11.5.